The lowest BCUT2D eigenvalue weighted by molar-refractivity contribution is 0.0992. The summed E-state index contributed by atoms with van der Waals surface area (Å²) in [6.07, 6.45) is 8.75. The number of aryl methyl sites for hydroxylation is 1. The molecule has 5 rings (SSSR count). The van der Waals surface area contributed by atoms with Crippen LogP contribution in [0.1, 0.15) is 65.3 Å². The summed E-state index contributed by atoms with van der Waals surface area (Å²) in [4.78, 5) is 17.4. The Labute approximate surface area is 196 Å². The largest absolute Gasteiger partial charge is 0.493 e. The van der Waals surface area contributed by atoms with Gasteiger partial charge in [-0.05, 0) is 67.4 Å². The Morgan fingerprint density at radius 3 is 2.76 bits per heavy atom. The monoisotopic (exact) mass is 437 g/mol. The first-order valence-corrected chi connectivity index (χ1v) is 12.1. The van der Waals surface area contributed by atoms with Crippen molar-refractivity contribution in [2.75, 3.05) is 6.61 Å². The third-order valence-electron chi connectivity index (χ3n) is 7.77. The van der Waals surface area contributed by atoms with E-state index in [-0.39, 0.29) is 11.2 Å². The summed E-state index contributed by atoms with van der Waals surface area (Å²) in [6.45, 7) is 4.95. The highest BCUT2D eigenvalue weighted by Gasteiger charge is 2.44. The van der Waals surface area contributed by atoms with Crippen LogP contribution in [0.25, 0.3) is 5.57 Å². The number of fused-ring (bicyclic) bond motifs is 3. The molecule has 3 aromatic rings. The molecule has 2 aliphatic rings. The highest BCUT2D eigenvalue weighted by Crippen LogP contribution is 2.53. The number of carbonyl (C=O) groups excluding carboxylic acids is 1. The zero-order valence-corrected chi connectivity index (χ0v) is 19.5. The van der Waals surface area contributed by atoms with Crippen LogP contribution >= 0.6 is 0 Å². The second-order valence-corrected chi connectivity index (χ2v) is 9.41. The van der Waals surface area contributed by atoms with Crippen LogP contribution in [0.15, 0.2) is 72.9 Å². The molecular weight excluding hydrogens is 406 g/mol. The van der Waals surface area contributed by atoms with Crippen LogP contribution in [0.3, 0.4) is 0 Å². The van der Waals surface area contributed by atoms with Gasteiger partial charge in [-0.3, -0.25) is 9.78 Å². The van der Waals surface area contributed by atoms with Gasteiger partial charge in [-0.2, -0.15) is 0 Å². The Morgan fingerprint density at radius 2 is 1.97 bits per heavy atom. The Bertz CT molecular complexity index is 1200. The fourth-order valence-corrected chi connectivity index (χ4v) is 5.75. The first-order valence-electron chi connectivity index (χ1n) is 12.1. The van der Waals surface area contributed by atoms with Gasteiger partial charge in [-0.25, -0.2) is 0 Å². The van der Waals surface area contributed by atoms with Gasteiger partial charge in [0.2, 0.25) is 0 Å². The Morgan fingerprint density at radius 1 is 1.12 bits per heavy atom. The van der Waals surface area contributed by atoms with Gasteiger partial charge >= 0.3 is 0 Å². The minimum atomic E-state index is 0.0611. The van der Waals surface area contributed by atoms with Crippen LogP contribution in [0, 0.1) is 12.8 Å². The molecular formula is C30H31NO2. The number of pyridine rings is 1. The van der Waals surface area contributed by atoms with E-state index in [4.69, 9.17) is 4.74 Å². The SMILES string of the molecule is CC[C@@]12CC=C(c3ccccc3)C[C@@H]1CCOc1cc(C(=O)Cc3cccnc3C)ccc12. The molecule has 0 saturated carbocycles. The zero-order chi connectivity index (χ0) is 22.8. The van der Waals surface area contributed by atoms with Crippen molar-refractivity contribution in [3.8, 4) is 5.75 Å². The number of rotatable bonds is 5. The molecule has 1 aliphatic carbocycles. The number of nitrogens with zero attached hydrogens (tertiary/aromatic N) is 1. The molecule has 2 heterocycles. The third-order valence-corrected chi connectivity index (χ3v) is 7.77. The Hall–Kier alpha value is -3.20. The first kappa shape index (κ1) is 21.6. The summed E-state index contributed by atoms with van der Waals surface area (Å²) in [5, 5.41) is 0. The van der Waals surface area contributed by atoms with Crippen molar-refractivity contribution in [1.29, 1.82) is 0 Å². The van der Waals surface area contributed by atoms with Crippen molar-refractivity contribution in [3.05, 3.63) is 101 Å². The predicted octanol–water partition coefficient (Wildman–Crippen LogP) is 6.74. The number of hydrogen-bond donors (Lipinski definition) is 0. The van der Waals surface area contributed by atoms with Crippen molar-refractivity contribution in [2.45, 2.75) is 51.4 Å². The van der Waals surface area contributed by atoms with Gasteiger partial charge in [0, 0.05) is 34.9 Å². The van der Waals surface area contributed by atoms with Crippen molar-refractivity contribution < 1.29 is 9.53 Å². The van der Waals surface area contributed by atoms with Crippen molar-refractivity contribution >= 4 is 11.4 Å². The molecule has 33 heavy (non-hydrogen) atoms. The van der Waals surface area contributed by atoms with Crippen molar-refractivity contribution in [2.24, 2.45) is 5.92 Å². The second kappa shape index (κ2) is 8.97. The lowest BCUT2D eigenvalue weighted by Gasteiger charge is -2.43. The summed E-state index contributed by atoms with van der Waals surface area (Å²) in [6, 6.07) is 20.8. The normalized spacial score (nSPS) is 21.8. The summed E-state index contributed by atoms with van der Waals surface area (Å²) < 4.78 is 6.29. The van der Waals surface area contributed by atoms with E-state index >= 15 is 0 Å². The smallest absolute Gasteiger partial charge is 0.167 e. The first-order chi connectivity index (χ1) is 16.1. The van der Waals surface area contributed by atoms with E-state index in [1.54, 1.807) is 6.20 Å². The number of ether oxygens (including phenoxy) is 1. The minimum Gasteiger partial charge on any atom is -0.493 e. The summed E-state index contributed by atoms with van der Waals surface area (Å²) >= 11 is 0. The molecule has 2 atom stereocenters. The van der Waals surface area contributed by atoms with Gasteiger partial charge in [0.15, 0.2) is 5.78 Å². The number of carbonyl (C=O) groups is 1. The predicted molar refractivity (Wildman–Crippen MR) is 133 cm³/mol. The van der Waals surface area contributed by atoms with Gasteiger partial charge in [0.25, 0.3) is 0 Å². The molecule has 1 aliphatic heterocycles. The molecule has 0 amide bonds. The van der Waals surface area contributed by atoms with Crippen molar-refractivity contribution in [3.63, 3.8) is 0 Å². The second-order valence-electron chi connectivity index (χ2n) is 9.41. The fourth-order valence-electron chi connectivity index (χ4n) is 5.75. The van der Waals surface area contributed by atoms with Gasteiger partial charge in [-0.1, -0.05) is 61.5 Å². The van der Waals surface area contributed by atoms with E-state index in [1.165, 1.54) is 16.7 Å². The molecule has 0 unspecified atom stereocenters. The van der Waals surface area contributed by atoms with Gasteiger partial charge < -0.3 is 4.74 Å². The summed E-state index contributed by atoms with van der Waals surface area (Å²) in [5.41, 5.74) is 6.72. The van der Waals surface area contributed by atoms with Gasteiger partial charge in [-0.15, -0.1) is 0 Å². The average Bonchev–Trinajstić information content (AvgIpc) is 3.02. The number of aromatic nitrogens is 1. The highest BCUT2D eigenvalue weighted by atomic mass is 16.5. The van der Waals surface area contributed by atoms with E-state index in [1.807, 2.05) is 31.2 Å². The molecule has 1 aromatic heterocycles. The minimum absolute atomic E-state index is 0.0611. The molecule has 0 fully saturated rings. The quantitative estimate of drug-likeness (QED) is 0.415. The van der Waals surface area contributed by atoms with Crippen LogP contribution in [0.4, 0.5) is 0 Å². The van der Waals surface area contributed by atoms with Crippen LogP contribution in [-0.4, -0.2) is 17.4 Å². The molecule has 0 spiro atoms. The molecule has 0 saturated heterocycles. The van der Waals surface area contributed by atoms with E-state index in [0.717, 1.165) is 48.3 Å². The molecule has 0 bridgehead atoms. The number of hydrogen-bond acceptors (Lipinski definition) is 3. The molecule has 2 aromatic carbocycles. The maximum Gasteiger partial charge on any atom is 0.167 e. The fraction of sp³-hybridized carbons (Fsp3) is 0.333. The highest BCUT2D eigenvalue weighted by molar-refractivity contribution is 5.98. The molecule has 0 N–H and O–H groups in total. The lowest BCUT2D eigenvalue weighted by atomic mass is 9.60. The molecule has 0 radical (unpaired) electrons. The maximum absolute atomic E-state index is 13.1. The standard InChI is InChI=1S/C30H31NO2/c1-3-30-15-13-24(22-8-5-4-6-9-22)18-26(30)14-17-33-29-20-25(11-12-27(29)30)28(32)19-23-10-7-16-31-21(23)2/h4-13,16,20,26H,3,14-15,17-19H2,1-2H3/t26-,30+/m0/s1. The average molecular weight is 438 g/mol. The summed E-state index contributed by atoms with van der Waals surface area (Å²) in [7, 11) is 0. The molecule has 3 nitrogen and oxygen atoms in total. The number of allylic oxidation sites excluding steroid dienone is 2. The lowest BCUT2D eigenvalue weighted by Crippen LogP contribution is -2.36. The van der Waals surface area contributed by atoms with Crippen LogP contribution in [0.2, 0.25) is 0 Å². The van der Waals surface area contributed by atoms with E-state index in [0.29, 0.717) is 18.9 Å². The Kier molecular flexibility index (Phi) is 5.88. The number of benzene rings is 2. The Balaban J connectivity index is 1.46. The van der Waals surface area contributed by atoms with Gasteiger partial charge in [0.05, 0.1) is 6.61 Å². The number of Topliss-reactive ketones (excluding diaryl/α,β-unsaturated/α-hetero) is 1. The van der Waals surface area contributed by atoms with E-state index in [2.05, 4.69) is 54.4 Å². The van der Waals surface area contributed by atoms with Gasteiger partial charge in [0.1, 0.15) is 5.75 Å². The maximum atomic E-state index is 13.1. The topological polar surface area (TPSA) is 39.2 Å². The third kappa shape index (κ3) is 4.01. The zero-order valence-electron chi connectivity index (χ0n) is 19.5. The van der Waals surface area contributed by atoms with Crippen LogP contribution < -0.4 is 4.74 Å². The van der Waals surface area contributed by atoms with Crippen LogP contribution in [-0.2, 0) is 11.8 Å². The van der Waals surface area contributed by atoms with E-state index in [9.17, 15) is 4.79 Å². The summed E-state index contributed by atoms with van der Waals surface area (Å²) in [5.74, 6) is 1.53. The number of ketones is 1. The molecule has 168 valence electrons. The molecule has 3 heteroatoms. The van der Waals surface area contributed by atoms with E-state index < -0.39 is 0 Å². The van der Waals surface area contributed by atoms with Crippen molar-refractivity contribution in [1.82, 2.24) is 4.98 Å². The van der Waals surface area contributed by atoms with Crippen LogP contribution in [0.5, 0.6) is 5.75 Å².